The lowest BCUT2D eigenvalue weighted by molar-refractivity contribution is -0.0166. The fraction of sp³-hybridized carbons (Fsp3) is 0.611. The molecule has 114 valence electrons. The van der Waals surface area contributed by atoms with E-state index in [1.807, 2.05) is 4.90 Å². The summed E-state index contributed by atoms with van der Waals surface area (Å²) >= 11 is 4.91. The maximum absolute atomic E-state index is 9.52. The molecule has 1 aromatic rings. The Labute approximate surface area is 133 Å². The largest absolute Gasteiger partial charge is 0.486 e. The average Bonchev–Trinajstić information content (AvgIpc) is 2.91. The third-order valence-electron chi connectivity index (χ3n) is 5.78. The number of nitrogens with zero attached hydrogens (tertiary/aromatic N) is 1. The third-order valence-corrected chi connectivity index (χ3v) is 6.01. The Balaban J connectivity index is 1.73. The predicted molar refractivity (Wildman–Crippen MR) is 91.0 cm³/mol. The van der Waals surface area contributed by atoms with Gasteiger partial charge in [0.2, 0.25) is 0 Å². The monoisotopic (exact) mass is 303 g/mol. The Kier molecular flexibility index (Phi) is 3.73. The van der Waals surface area contributed by atoms with Crippen molar-refractivity contribution in [2.24, 2.45) is 5.41 Å². The standard InChI is InChI=1S/C18H25NOS/c1-12(2)14-5-4-6-15(9-14)16-7-8-18(10-16)11-19(13(18)3)17(20)21/h4-6,9,12-13,16H,7-8,10-11H2,1-3H3,(H,20,21)/t13-,16?,18?/m1/s1. The van der Waals surface area contributed by atoms with Crippen LogP contribution in [0.5, 0.6) is 0 Å². The molecule has 21 heavy (non-hydrogen) atoms. The maximum atomic E-state index is 9.52. The predicted octanol–water partition coefficient (Wildman–Crippen LogP) is 4.61. The Hall–Kier alpha value is -1.09. The molecule has 1 aliphatic carbocycles. The number of benzene rings is 1. The van der Waals surface area contributed by atoms with Gasteiger partial charge in [-0.15, -0.1) is 0 Å². The summed E-state index contributed by atoms with van der Waals surface area (Å²) in [6, 6.07) is 9.50. The summed E-state index contributed by atoms with van der Waals surface area (Å²) in [5.74, 6) is 1.26. The van der Waals surface area contributed by atoms with Crippen molar-refractivity contribution in [2.75, 3.05) is 6.54 Å². The van der Waals surface area contributed by atoms with Crippen LogP contribution in [0, 0.1) is 5.41 Å². The van der Waals surface area contributed by atoms with Crippen molar-refractivity contribution in [3.05, 3.63) is 35.4 Å². The van der Waals surface area contributed by atoms with Crippen LogP contribution in [0.3, 0.4) is 0 Å². The van der Waals surface area contributed by atoms with Gasteiger partial charge in [-0.05, 0) is 61.4 Å². The van der Waals surface area contributed by atoms with Gasteiger partial charge in [-0.3, -0.25) is 0 Å². The smallest absolute Gasteiger partial charge is 0.257 e. The highest BCUT2D eigenvalue weighted by atomic mass is 32.1. The summed E-state index contributed by atoms with van der Waals surface area (Å²) in [6.45, 7) is 7.65. The van der Waals surface area contributed by atoms with E-state index in [0.717, 1.165) is 6.54 Å². The van der Waals surface area contributed by atoms with Gasteiger partial charge in [0.1, 0.15) is 0 Å². The number of rotatable bonds is 2. The van der Waals surface area contributed by atoms with Crippen LogP contribution in [0.25, 0.3) is 0 Å². The Morgan fingerprint density at radius 1 is 1.43 bits per heavy atom. The molecule has 1 saturated heterocycles. The second-order valence-corrected chi connectivity index (χ2v) is 7.58. The van der Waals surface area contributed by atoms with Gasteiger partial charge in [-0.2, -0.15) is 0 Å². The number of thiocarbonyl (C=S) groups is 1. The van der Waals surface area contributed by atoms with Gasteiger partial charge in [0.15, 0.2) is 0 Å². The highest BCUT2D eigenvalue weighted by molar-refractivity contribution is 7.79. The van der Waals surface area contributed by atoms with Crippen molar-refractivity contribution in [2.45, 2.75) is 57.9 Å². The van der Waals surface area contributed by atoms with Crippen LogP contribution in [0.1, 0.15) is 63.0 Å². The summed E-state index contributed by atoms with van der Waals surface area (Å²) in [5.41, 5.74) is 3.30. The molecular formula is C18H25NOS. The Morgan fingerprint density at radius 3 is 2.81 bits per heavy atom. The SMILES string of the molecule is CC(C)c1cccc(C2CCC3(C2)CN(C(O)=S)[C@@H]3C)c1. The molecular weight excluding hydrogens is 278 g/mol. The van der Waals surface area contributed by atoms with Crippen molar-refractivity contribution in [3.63, 3.8) is 0 Å². The molecule has 2 nitrogen and oxygen atoms in total. The van der Waals surface area contributed by atoms with Crippen LogP contribution in [-0.2, 0) is 0 Å². The molecule has 1 N–H and O–H groups in total. The first kappa shape index (κ1) is 14.8. The van der Waals surface area contributed by atoms with Crippen molar-refractivity contribution >= 4 is 17.4 Å². The van der Waals surface area contributed by atoms with Crippen molar-refractivity contribution in [1.29, 1.82) is 0 Å². The van der Waals surface area contributed by atoms with Crippen molar-refractivity contribution < 1.29 is 5.11 Å². The number of aliphatic hydroxyl groups excluding tert-OH is 1. The second kappa shape index (κ2) is 5.28. The van der Waals surface area contributed by atoms with Gasteiger partial charge >= 0.3 is 0 Å². The van der Waals surface area contributed by atoms with Crippen LogP contribution in [0.4, 0.5) is 0 Å². The molecule has 1 saturated carbocycles. The third kappa shape index (κ3) is 2.46. The van der Waals surface area contributed by atoms with Crippen molar-refractivity contribution in [1.82, 2.24) is 4.90 Å². The van der Waals surface area contributed by atoms with E-state index >= 15 is 0 Å². The first-order chi connectivity index (χ1) is 9.93. The van der Waals surface area contributed by atoms with Gasteiger partial charge in [0, 0.05) is 18.0 Å². The molecule has 2 aliphatic rings. The normalized spacial score (nSPS) is 31.7. The average molecular weight is 303 g/mol. The molecule has 2 unspecified atom stereocenters. The zero-order chi connectivity index (χ0) is 15.2. The lowest BCUT2D eigenvalue weighted by Crippen LogP contribution is -2.63. The van der Waals surface area contributed by atoms with Crippen LogP contribution in [-0.4, -0.2) is 27.8 Å². The highest BCUT2D eigenvalue weighted by Crippen LogP contribution is 2.55. The molecule has 2 fully saturated rings. The summed E-state index contributed by atoms with van der Waals surface area (Å²) in [4.78, 5) is 1.96. The molecule has 3 heteroatoms. The molecule has 0 amide bonds. The van der Waals surface area contributed by atoms with E-state index in [0.29, 0.717) is 23.3 Å². The van der Waals surface area contributed by atoms with Gasteiger partial charge < -0.3 is 10.0 Å². The van der Waals surface area contributed by atoms with Crippen LogP contribution in [0.2, 0.25) is 0 Å². The molecule has 1 heterocycles. The molecule has 0 bridgehead atoms. The van der Waals surface area contributed by atoms with Crippen molar-refractivity contribution in [3.8, 4) is 0 Å². The zero-order valence-electron chi connectivity index (χ0n) is 13.2. The second-order valence-electron chi connectivity index (χ2n) is 7.21. The summed E-state index contributed by atoms with van der Waals surface area (Å²) < 4.78 is 0. The van der Waals surface area contributed by atoms with Gasteiger partial charge in [0.05, 0.1) is 0 Å². The zero-order valence-corrected chi connectivity index (χ0v) is 14.0. The van der Waals surface area contributed by atoms with E-state index in [-0.39, 0.29) is 5.17 Å². The summed E-state index contributed by atoms with van der Waals surface area (Å²) in [5, 5.41) is 9.59. The van der Waals surface area contributed by atoms with Crippen LogP contribution < -0.4 is 0 Å². The molecule has 1 aliphatic heterocycles. The minimum atomic E-state index is 0.0679. The maximum Gasteiger partial charge on any atom is 0.257 e. The van der Waals surface area contributed by atoms with E-state index in [2.05, 4.69) is 45.0 Å². The molecule has 0 radical (unpaired) electrons. The molecule has 1 aromatic carbocycles. The summed E-state index contributed by atoms with van der Waals surface area (Å²) in [6.07, 6.45) is 3.75. The van der Waals surface area contributed by atoms with Crippen LogP contribution in [0.15, 0.2) is 24.3 Å². The fourth-order valence-corrected chi connectivity index (χ4v) is 4.42. The fourth-order valence-electron chi connectivity index (χ4n) is 4.20. The van der Waals surface area contributed by atoms with E-state index in [1.165, 1.54) is 30.4 Å². The minimum Gasteiger partial charge on any atom is -0.486 e. The molecule has 3 rings (SSSR count). The number of likely N-dealkylation sites (tertiary alicyclic amines) is 1. The Morgan fingerprint density at radius 2 is 2.19 bits per heavy atom. The number of hydrogen-bond donors (Lipinski definition) is 1. The van der Waals surface area contributed by atoms with Crippen LogP contribution >= 0.6 is 12.2 Å². The highest BCUT2D eigenvalue weighted by Gasteiger charge is 2.54. The van der Waals surface area contributed by atoms with E-state index < -0.39 is 0 Å². The molecule has 0 aromatic heterocycles. The summed E-state index contributed by atoms with van der Waals surface area (Å²) in [7, 11) is 0. The number of aliphatic hydroxyl groups is 1. The lowest BCUT2D eigenvalue weighted by Gasteiger charge is -2.54. The minimum absolute atomic E-state index is 0.0679. The van der Waals surface area contributed by atoms with E-state index in [4.69, 9.17) is 12.2 Å². The molecule has 1 spiro atoms. The van der Waals surface area contributed by atoms with E-state index in [1.54, 1.807) is 0 Å². The van der Waals surface area contributed by atoms with Gasteiger partial charge in [-0.1, -0.05) is 38.1 Å². The van der Waals surface area contributed by atoms with E-state index in [9.17, 15) is 5.11 Å². The first-order valence-electron chi connectivity index (χ1n) is 8.02. The lowest BCUT2D eigenvalue weighted by atomic mass is 9.70. The Bertz CT molecular complexity index is 556. The number of hydrogen-bond acceptors (Lipinski definition) is 1. The van der Waals surface area contributed by atoms with Gasteiger partial charge in [0.25, 0.3) is 5.17 Å². The topological polar surface area (TPSA) is 23.5 Å². The first-order valence-corrected chi connectivity index (χ1v) is 8.43. The molecule has 3 atom stereocenters. The quantitative estimate of drug-likeness (QED) is 0.807. The van der Waals surface area contributed by atoms with Gasteiger partial charge in [-0.25, -0.2) is 0 Å².